The highest BCUT2D eigenvalue weighted by Crippen LogP contribution is 2.28. The summed E-state index contributed by atoms with van der Waals surface area (Å²) in [7, 11) is -3.65. The third-order valence-corrected chi connectivity index (χ3v) is 5.84. The van der Waals surface area contributed by atoms with Crippen LogP contribution in [0.2, 0.25) is 0 Å². The van der Waals surface area contributed by atoms with Gasteiger partial charge >= 0.3 is 0 Å². The molecule has 0 radical (unpaired) electrons. The summed E-state index contributed by atoms with van der Waals surface area (Å²) in [4.78, 5) is 1.36. The fourth-order valence-electron chi connectivity index (χ4n) is 1.81. The lowest BCUT2D eigenvalue weighted by atomic mass is 10.2. The lowest BCUT2D eigenvalue weighted by Crippen LogP contribution is -2.18. The van der Waals surface area contributed by atoms with Gasteiger partial charge in [0.15, 0.2) is 0 Å². The first-order valence-electron chi connectivity index (χ1n) is 5.96. The number of halogens is 1. The first-order chi connectivity index (χ1) is 9.38. The Kier molecular flexibility index (Phi) is 4.98. The zero-order valence-electron chi connectivity index (χ0n) is 10.8. The normalized spacial score (nSPS) is 13.3. The van der Waals surface area contributed by atoms with E-state index in [-0.39, 0.29) is 10.9 Å². The molecule has 7 heteroatoms. The molecule has 0 aliphatic heterocycles. The molecule has 0 fully saturated rings. The maximum absolute atomic E-state index is 11.3. The van der Waals surface area contributed by atoms with E-state index in [1.54, 1.807) is 23.5 Å². The van der Waals surface area contributed by atoms with Crippen molar-refractivity contribution in [2.24, 2.45) is 5.14 Å². The van der Waals surface area contributed by atoms with Crippen LogP contribution in [-0.2, 0) is 16.6 Å². The first kappa shape index (κ1) is 15.7. The van der Waals surface area contributed by atoms with Crippen LogP contribution in [0.25, 0.3) is 0 Å². The number of hydrogen-bond donors (Lipinski definition) is 2. The summed E-state index contributed by atoms with van der Waals surface area (Å²) < 4.78 is 23.7. The minimum absolute atomic E-state index is 0.141. The molecule has 20 heavy (non-hydrogen) atoms. The van der Waals surface area contributed by atoms with Crippen molar-refractivity contribution < 1.29 is 8.42 Å². The van der Waals surface area contributed by atoms with Gasteiger partial charge in [-0.2, -0.15) is 0 Å². The Morgan fingerprint density at radius 1 is 1.40 bits per heavy atom. The SMILES string of the molecule is CC(NCc1cccc(S(N)(=O)=O)c1)c1sccc1Br. The van der Waals surface area contributed by atoms with E-state index in [1.807, 2.05) is 17.5 Å². The van der Waals surface area contributed by atoms with Crippen LogP contribution in [0, 0.1) is 0 Å². The van der Waals surface area contributed by atoms with Crippen molar-refractivity contribution >= 4 is 37.3 Å². The van der Waals surface area contributed by atoms with E-state index in [0.717, 1.165) is 10.0 Å². The molecule has 2 rings (SSSR count). The van der Waals surface area contributed by atoms with Gasteiger partial charge in [0.05, 0.1) is 4.90 Å². The molecular formula is C13H15BrN2O2S2. The molecule has 3 N–H and O–H groups in total. The summed E-state index contributed by atoms with van der Waals surface area (Å²) in [6.07, 6.45) is 0. The van der Waals surface area contributed by atoms with Gasteiger partial charge in [-0.05, 0) is 52.0 Å². The van der Waals surface area contributed by atoms with Crippen LogP contribution in [0.5, 0.6) is 0 Å². The van der Waals surface area contributed by atoms with E-state index in [9.17, 15) is 8.42 Å². The molecule has 0 aliphatic carbocycles. The molecular weight excluding hydrogens is 360 g/mol. The molecule has 1 heterocycles. The molecule has 0 aliphatic rings. The van der Waals surface area contributed by atoms with E-state index >= 15 is 0 Å². The summed E-state index contributed by atoms with van der Waals surface area (Å²) in [6.45, 7) is 2.65. The predicted molar refractivity (Wildman–Crippen MR) is 85.1 cm³/mol. The number of nitrogens with two attached hydrogens (primary N) is 1. The lowest BCUT2D eigenvalue weighted by Gasteiger charge is -2.13. The van der Waals surface area contributed by atoms with Crippen molar-refractivity contribution in [2.45, 2.75) is 24.4 Å². The Labute approximate surface area is 131 Å². The minimum Gasteiger partial charge on any atom is -0.305 e. The Morgan fingerprint density at radius 3 is 2.75 bits per heavy atom. The van der Waals surface area contributed by atoms with Gasteiger partial charge in [0, 0.05) is 21.9 Å². The molecule has 0 saturated heterocycles. The first-order valence-corrected chi connectivity index (χ1v) is 9.18. The largest absolute Gasteiger partial charge is 0.305 e. The average Bonchev–Trinajstić information content (AvgIpc) is 2.82. The molecule has 1 unspecified atom stereocenters. The number of benzene rings is 1. The summed E-state index contributed by atoms with van der Waals surface area (Å²) in [5.74, 6) is 0. The zero-order valence-corrected chi connectivity index (χ0v) is 14.1. The van der Waals surface area contributed by atoms with Gasteiger partial charge in [0.1, 0.15) is 0 Å². The molecule has 1 aromatic carbocycles. The van der Waals surface area contributed by atoms with Crippen molar-refractivity contribution in [1.29, 1.82) is 0 Å². The second-order valence-corrected chi connectivity index (χ2v) is 7.79. The van der Waals surface area contributed by atoms with Gasteiger partial charge in [0.25, 0.3) is 0 Å². The van der Waals surface area contributed by atoms with Crippen LogP contribution in [0.15, 0.2) is 45.1 Å². The van der Waals surface area contributed by atoms with Gasteiger partial charge in [-0.15, -0.1) is 11.3 Å². The van der Waals surface area contributed by atoms with Crippen LogP contribution in [0.4, 0.5) is 0 Å². The smallest absolute Gasteiger partial charge is 0.238 e. The fraction of sp³-hybridized carbons (Fsp3) is 0.231. The number of nitrogens with one attached hydrogen (secondary N) is 1. The molecule has 0 amide bonds. The van der Waals surface area contributed by atoms with Gasteiger partial charge < -0.3 is 5.32 Å². The highest BCUT2D eigenvalue weighted by molar-refractivity contribution is 9.10. The van der Waals surface area contributed by atoms with E-state index < -0.39 is 10.0 Å². The molecule has 0 spiro atoms. The van der Waals surface area contributed by atoms with Crippen molar-refractivity contribution in [3.8, 4) is 0 Å². The highest BCUT2D eigenvalue weighted by Gasteiger charge is 2.11. The number of sulfonamides is 1. The average molecular weight is 375 g/mol. The summed E-state index contributed by atoms with van der Waals surface area (Å²) in [5.41, 5.74) is 0.885. The molecule has 0 saturated carbocycles. The third kappa shape index (κ3) is 3.89. The maximum atomic E-state index is 11.3. The van der Waals surface area contributed by atoms with Crippen LogP contribution < -0.4 is 10.5 Å². The van der Waals surface area contributed by atoms with Crippen LogP contribution in [-0.4, -0.2) is 8.42 Å². The minimum atomic E-state index is -3.65. The molecule has 0 bridgehead atoms. The summed E-state index contributed by atoms with van der Waals surface area (Å²) in [5, 5.41) is 10.5. The number of hydrogen-bond acceptors (Lipinski definition) is 4. The summed E-state index contributed by atoms with van der Waals surface area (Å²) >= 11 is 5.18. The van der Waals surface area contributed by atoms with Crippen molar-refractivity contribution in [1.82, 2.24) is 5.32 Å². The standard InChI is InChI=1S/C13H15BrN2O2S2/c1-9(13-12(14)5-6-19-13)16-8-10-3-2-4-11(7-10)20(15,17)18/h2-7,9,16H,8H2,1H3,(H2,15,17,18). The van der Waals surface area contributed by atoms with Crippen LogP contribution in [0.1, 0.15) is 23.4 Å². The molecule has 1 aromatic heterocycles. The van der Waals surface area contributed by atoms with Crippen molar-refractivity contribution in [3.63, 3.8) is 0 Å². The topological polar surface area (TPSA) is 72.2 Å². The van der Waals surface area contributed by atoms with E-state index in [0.29, 0.717) is 6.54 Å². The fourth-order valence-corrected chi connectivity index (χ4v) is 4.14. The van der Waals surface area contributed by atoms with Gasteiger partial charge in [-0.25, -0.2) is 13.6 Å². The Hall–Kier alpha value is -0.730. The molecule has 108 valence electrons. The van der Waals surface area contributed by atoms with Gasteiger partial charge in [-0.3, -0.25) is 0 Å². The Morgan fingerprint density at radius 2 is 2.15 bits per heavy atom. The second kappa shape index (κ2) is 6.36. The third-order valence-electron chi connectivity index (χ3n) is 2.88. The van der Waals surface area contributed by atoms with Gasteiger partial charge in [-0.1, -0.05) is 12.1 Å². The quantitative estimate of drug-likeness (QED) is 0.844. The zero-order chi connectivity index (χ0) is 14.8. The number of thiophene rings is 1. The monoisotopic (exact) mass is 374 g/mol. The van der Waals surface area contributed by atoms with Crippen LogP contribution in [0.3, 0.4) is 0 Å². The van der Waals surface area contributed by atoms with Crippen LogP contribution >= 0.6 is 27.3 Å². The van der Waals surface area contributed by atoms with E-state index in [2.05, 4.69) is 28.2 Å². The van der Waals surface area contributed by atoms with E-state index in [4.69, 9.17) is 5.14 Å². The van der Waals surface area contributed by atoms with Crippen molar-refractivity contribution in [2.75, 3.05) is 0 Å². The Balaban J connectivity index is 2.06. The number of primary sulfonamides is 1. The molecule has 1 atom stereocenters. The lowest BCUT2D eigenvalue weighted by molar-refractivity contribution is 0.579. The van der Waals surface area contributed by atoms with Gasteiger partial charge in [0.2, 0.25) is 10.0 Å². The highest BCUT2D eigenvalue weighted by atomic mass is 79.9. The second-order valence-electron chi connectivity index (χ2n) is 4.43. The predicted octanol–water partition coefficient (Wildman–Crippen LogP) is 3.01. The molecule has 4 nitrogen and oxygen atoms in total. The van der Waals surface area contributed by atoms with Crippen molar-refractivity contribution in [3.05, 3.63) is 50.6 Å². The van der Waals surface area contributed by atoms with E-state index in [1.165, 1.54) is 10.9 Å². The number of rotatable bonds is 5. The molecule has 2 aromatic rings. The maximum Gasteiger partial charge on any atom is 0.238 e. The summed E-state index contributed by atoms with van der Waals surface area (Å²) in [6, 6.07) is 8.86. The Bertz CT molecular complexity index is 698.